The molecule has 3 heteroatoms. The second kappa shape index (κ2) is 14.8. The van der Waals surface area contributed by atoms with E-state index < -0.39 is 5.97 Å². The van der Waals surface area contributed by atoms with Crippen LogP contribution in [0.2, 0.25) is 0 Å². The van der Waals surface area contributed by atoms with Crippen molar-refractivity contribution < 1.29 is 9.53 Å². The van der Waals surface area contributed by atoms with E-state index in [0.29, 0.717) is 10.8 Å². The molecule has 0 saturated heterocycles. The van der Waals surface area contributed by atoms with Crippen molar-refractivity contribution in [3.05, 3.63) is 11.6 Å². The van der Waals surface area contributed by atoms with E-state index in [2.05, 4.69) is 46.6 Å². The molecule has 7 unspecified atom stereocenters. The van der Waals surface area contributed by atoms with Gasteiger partial charge in [-0.15, -0.1) is 6.42 Å². The average molecular weight is 514 g/mol. The summed E-state index contributed by atoms with van der Waals surface area (Å²) in [7, 11) is 0. The van der Waals surface area contributed by atoms with Crippen LogP contribution in [0.1, 0.15) is 132 Å². The Bertz CT molecular complexity index is 777. The number of terminal acetylenes is 1. The second-order valence-electron chi connectivity index (χ2n) is 13.0. The standard InChI is InChI=1S/C29H44O2.C3H9N.C2H6/c1-6-27(30)31-23-15-17-29(5)22(19-23)11-13-24-25-14-12-21(10-8-7-9-20(2)3)28(25,4)18-16-26(24)29;1-2-3-4;1-2/h1,11,20-21,23-26H,7-10,12-19H2,2-5H3;2-4H2,1H3;1-2H3. The van der Waals surface area contributed by atoms with Gasteiger partial charge >= 0.3 is 5.97 Å². The largest absolute Gasteiger partial charge is 0.452 e. The molecule has 0 aromatic heterocycles. The summed E-state index contributed by atoms with van der Waals surface area (Å²) in [5.41, 5.74) is 7.46. The van der Waals surface area contributed by atoms with Gasteiger partial charge in [-0.05, 0) is 105 Å². The molecule has 0 heterocycles. The summed E-state index contributed by atoms with van der Waals surface area (Å²) in [6, 6.07) is 0. The highest BCUT2D eigenvalue weighted by Crippen LogP contribution is 2.66. The maximum atomic E-state index is 11.6. The third-order valence-electron chi connectivity index (χ3n) is 10.5. The molecule has 3 fully saturated rings. The van der Waals surface area contributed by atoms with Crippen LogP contribution >= 0.6 is 0 Å². The number of carbonyl (C=O) groups excluding carboxylic acids is 1. The number of esters is 1. The first-order valence-corrected chi connectivity index (χ1v) is 15.8. The Kier molecular flexibility index (Phi) is 12.7. The van der Waals surface area contributed by atoms with Crippen molar-refractivity contribution in [2.24, 2.45) is 46.2 Å². The van der Waals surface area contributed by atoms with Gasteiger partial charge in [0.05, 0.1) is 0 Å². The number of unbranched alkanes of at least 4 members (excludes halogenated alkanes) is 1. The van der Waals surface area contributed by atoms with Crippen LogP contribution in [0.4, 0.5) is 0 Å². The maximum Gasteiger partial charge on any atom is 0.384 e. The fourth-order valence-corrected chi connectivity index (χ4v) is 8.44. The van der Waals surface area contributed by atoms with Crippen LogP contribution < -0.4 is 5.73 Å². The van der Waals surface area contributed by atoms with Gasteiger partial charge in [0.25, 0.3) is 0 Å². The lowest BCUT2D eigenvalue weighted by Crippen LogP contribution is -2.50. The van der Waals surface area contributed by atoms with Crippen molar-refractivity contribution >= 4 is 5.97 Å². The van der Waals surface area contributed by atoms with Gasteiger partial charge in [0, 0.05) is 12.3 Å². The first-order chi connectivity index (χ1) is 17.7. The first-order valence-electron chi connectivity index (χ1n) is 15.8. The Morgan fingerprint density at radius 3 is 2.46 bits per heavy atom. The molecule has 3 nitrogen and oxygen atoms in total. The Balaban J connectivity index is 0.000000733. The van der Waals surface area contributed by atoms with Crippen molar-refractivity contribution in [1.29, 1.82) is 0 Å². The summed E-state index contributed by atoms with van der Waals surface area (Å²) >= 11 is 0. The zero-order valence-electron chi connectivity index (χ0n) is 25.4. The number of nitrogens with two attached hydrogens (primary N) is 1. The van der Waals surface area contributed by atoms with Gasteiger partial charge in [-0.1, -0.05) is 79.4 Å². The summed E-state index contributed by atoms with van der Waals surface area (Å²) in [6.07, 6.45) is 24.5. The van der Waals surface area contributed by atoms with Gasteiger partial charge < -0.3 is 10.5 Å². The van der Waals surface area contributed by atoms with E-state index in [-0.39, 0.29) is 6.10 Å². The van der Waals surface area contributed by atoms with Gasteiger partial charge in [0.2, 0.25) is 0 Å². The normalized spacial score (nSPS) is 35.8. The summed E-state index contributed by atoms with van der Waals surface area (Å²) < 4.78 is 5.52. The SMILES string of the molecule is C#CC(=O)OC1CCC2(C)C(=CCC3C2CCC2(C)C(CCCCC(C)C)CCC32)C1.CC.CCCN. The topological polar surface area (TPSA) is 52.3 Å². The summed E-state index contributed by atoms with van der Waals surface area (Å²) in [4.78, 5) is 11.6. The highest BCUT2D eigenvalue weighted by atomic mass is 16.5. The molecule has 0 bridgehead atoms. The predicted molar refractivity (Wildman–Crippen MR) is 158 cm³/mol. The lowest BCUT2D eigenvalue weighted by molar-refractivity contribution is -0.144. The fraction of sp³-hybridized carbons (Fsp3) is 0.853. The Morgan fingerprint density at radius 2 is 1.84 bits per heavy atom. The summed E-state index contributed by atoms with van der Waals surface area (Å²) in [5.74, 6) is 5.99. The molecule has 0 amide bonds. The van der Waals surface area contributed by atoms with Gasteiger partial charge in [0.15, 0.2) is 0 Å². The number of carbonyl (C=O) groups is 1. The van der Waals surface area contributed by atoms with Gasteiger partial charge in [-0.3, -0.25) is 0 Å². The first kappa shape index (κ1) is 31.9. The lowest BCUT2D eigenvalue weighted by Gasteiger charge is -2.58. The van der Waals surface area contributed by atoms with Crippen LogP contribution in [0, 0.1) is 52.8 Å². The maximum absolute atomic E-state index is 11.6. The average Bonchev–Trinajstić information content (AvgIpc) is 3.24. The predicted octanol–water partition coefficient (Wildman–Crippen LogP) is 8.71. The highest BCUT2D eigenvalue weighted by molar-refractivity contribution is 5.87. The molecule has 4 aliphatic carbocycles. The third-order valence-corrected chi connectivity index (χ3v) is 10.5. The van der Waals surface area contributed by atoms with Crippen LogP contribution in [0.5, 0.6) is 0 Å². The van der Waals surface area contributed by atoms with E-state index in [9.17, 15) is 4.79 Å². The van der Waals surface area contributed by atoms with E-state index in [1.54, 1.807) is 5.57 Å². The molecule has 0 aromatic carbocycles. The van der Waals surface area contributed by atoms with Crippen LogP contribution in [-0.4, -0.2) is 18.6 Å². The van der Waals surface area contributed by atoms with Crippen molar-refractivity contribution in [2.45, 2.75) is 138 Å². The molecular weight excluding hydrogens is 454 g/mol. The van der Waals surface area contributed by atoms with Gasteiger partial charge in [0.1, 0.15) is 6.10 Å². The third kappa shape index (κ3) is 7.44. The quantitative estimate of drug-likeness (QED) is 0.122. The number of hydrogen-bond acceptors (Lipinski definition) is 3. The molecule has 4 rings (SSSR count). The molecule has 0 radical (unpaired) electrons. The number of hydrogen-bond donors (Lipinski definition) is 1. The van der Waals surface area contributed by atoms with Crippen molar-refractivity contribution in [3.63, 3.8) is 0 Å². The number of fused-ring (bicyclic) bond motifs is 5. The number of allylic oxidation sites excluding steroid dienone is 1. The van der Waals surface area contributed by atoms with Crippen LogP contribution in [0.15, 0.2) is 11.6 Å². The van der Waals surface area contributed by atoms with Crippen LogP contribution in [0.3, 0.4) is 0 Å². The molecule has 212 valence electrons. The highest BCUT2D eigenvalue weighted by Gasteiger charge is 2.58. The molecular formula is C34H59NO2. The van der Waals surface area contributed by atoms with E-state index in [1.807, 2.05) is 13.8 Å². The number of rotatable bonds is 7. The molecule has 37 heavy (non-hydrogen) atoms. The lowest BCUT2D eigenvalue weighted by atomic mass is 9.47. The summed E-state index contributed by atoms with van der Waals surface area (Å²) in [5, 5.41) is 0. The van der Waals surface area contributed by atoms with Gasteiger partial charge in [-0.2, -0.15) is 0 Å². The zero-order chi connectivity index (χ0) is 27.6. The van der Waals surface area contributed by atoms with Gasteiger partial charge in [-0.25, -0.2) is 4.79 Å². The molecule has 2 N–H and O–H groups in total. The second-order valence-corrected chi connectivity index (χ2v) is 13.0. The van der Waals surface area contributed by atoms with Crippen LogP contribution in [-0.2, 0) is 9.53 Å². The monoisotopic (exact) mass is 513 g/mol. The zero-order valence-corrected chi connectivity index (χ0v) is 25.4. The molecule has 3 saturated carbocycles. The molecule has 0 aliphatic heterocycles. The Hall–Kier alpha value is -1.27. The molecule has 4 aliphatic rings. The van der Waals surface area contributed by atoms with Crippen molar-refractivity contribution in [2.75, 3.05) is 6.54 Å². The number of ether oxygens (including phenoxy) is 1. The fourth-order valence-electron chi connectivity index (χ4n) is 8.44. The Morgan fingerprint density at radius 1 is 1.14 bits per heavy atom. The minimum atomic E-state index is -0.498. The molecule has 7 atom stereocenters. The molecule has 0 aromatic rings. The van der Waals surface area contributed by atoms with Crippen molar-refractivity contribution in [1.82, 2.24) is 0 Å². The molecule has 0 spiro atoms. The minimum Gasteiger partial charge on any atom is -0.452 e. The van der Waals surface area contributed by atoms with E-state index >= 15 is 0 Å². The van der Waals surface area contributed by atoms with E-state index in [1.165, 1.54) is 57.8 Å². The van der Waals surface area contributed by atoms with E-state index in [0.717, 1.165) is 61.8 Å². The summed E-state index contributed by atoms with van der Waals surface area (Å²) in [6.45, 7) is 16.8. The Labute approximate surface area is 230 Å². The smallest absolute Gasteiger partial charge is 0.384 e. The van der Waals surface area contributed by atoms with Crippen LogP contribution in [0.25, 0.3) is 0 Å². The minimum absolute atomic E-state index is 0.0185. The van der Waals surface area contributed by atoms with Crippen molar-refractivity contribution in [3.8, 4) is 12.3 Å². The van der Waals surface area contributed by atoms with E-state index in [4.69, 9.17) is 16.9 Å².